The zero-order valence-corrected chi connectivity index (χ0v) is 20.0. The summed E-state index contributed by atoms with van der Waals surface area (Å²) in [6.07, 6.45) is 1.19. The van der Waals surface area contributed by atoms with E-state index in [9.17, 15) is 25.4 Å². The van der Waals surface area contributed by atoms with Crippen LogP contribution in [0.3, 0.4) is 0 Å². The molecule has 10 nitrogen and oxygen atoms in total. The van der Waals surface area contributed by atoms with Crippen LogP contribution in [-0.4, -0.2) is 68.5 Å². The maximum Gasteiger partial charge on any atom is 0.269 e. The number of aliphatic hydroxyl groups is 3. The molecule has 2 aliphatic rings. The average Bonchev–Trinajstić information content (AvgIpc) is 3.44. The number of oxazole rings is 1. The number of hydrogen-bond donors (Lipinski definition) is 3. The molecule has 2 fully saturated rings. The van der Waals surface area contributed by atoms with Gasteiger partial charge in [0.05, 0.1) is 48.2 Å². The Balaban J connectivity index is 1.31. The maximum atomic E-state index is 10.8. The van der Waals surface area contributed by atoms with Gasteiger partial charge in [-0.05, 0) is 44.9 Å². The summed E-state index contributed by atoms with van der Waals surface area (Å²) in [6, 6.07) is 6.01. The molecule has 0 unspecified atom stereocenters. The fourth-order valence-corrected chi connectivity index (χ4v) is 4.53. The van der Waals surface area contributed by atoms with Crippen LogP contribution in [0.4, 0.5) is 5.69 Å². The Hall–Kier alpha value is -2.63. The first-order chi connectivity index (χ1) is 16.6. The molecule has 0 aliphatic carbocycles. The Morgan fingerprint density at radius 1 is 1.23 bits per heavy atom. The van der Waals surface area contributed by atoms with Crippen LogP contribution in [0, 0.1) is 22.0 Å². The van der Waals surface area contributed by atoms with Crippen molar-refractivity contribution < 1.29 is 34.1 Å². The highest BCUT2D eigenvalue weighted by molar-refractivity contribution is 5.59. The molecule has 1 aromatic heterocycles. The van der Waals surface area contributed by atoms with E-state index in [1.807, 2.05) is 13.8 Å². The van der Waals surface area contributed by atoms with Crippen LogP contribution >= 0.6 is 0 Å². The van der Waals surface area contributed by atoms with E-state index in [1.165, 1.54) is 12.1 Å². The first-order valence-electron chi connectivity index (χ1n) is 11.8. The van der Waals surface area contributed by atoms with Crippen molar-refractivity contribution >= 4 is 11.8 Å². The Morgan fingerprint density at radius 2 is 1.94 bits per heavy atom. The molecular weight excluding hydrogens is 456 g/mol. The third-order valence-electron chi connectivity index (χ3n) is 6.95. The van der Waals surface area contributed by atoms with Crippen molar-refractivity contribution in [2.24, 2.45) is 11.8 Å². The van der Waals surface area contributed by atoms with Gasteiger partial charge in [0.25, 0.3) is 5.69 Å². The molecule has 2 saturated heterocycles. The number of aliphatic hydroxyl groups excluding tert-OH is 3. The van der Waals surface area contributed by atoms with Gasteiger partial charge in [-0.3, -0.25) is 10.1 Å². The lowest BCUT2D eigenvalue weighted by molar-refractivity contribution is -0.384. The van der Waals surface area contributed by atoms with Crippen LogP contribution in [0.25, 0.3) is 17.4 Å². The Morgan fingerprint density at radius 3 is 2.60 bits per heavy atom. The number of epoxide rings is 1. The number of non-ortho nitro benzene ring substituents is 1. The van der Waals surface area contributed by atoms with Crippen LogP contribution in [0.2, 0.25) is 0 Å². The number of nitro groups is 1. The van der Waals surface area contributed by atoms with Gasteiger partial charge in [0, 0.05) is 29.5 Å². The van der Waals surface area contributed by atoms with Gasteiger partial charge in [-0.2, -0.15) is 0 Å². The summed E-state index contributed by atoms with van der Waals surface area (Å²) in [4.78, 5) is 14.6. The predicted molar refractivity (Wildman–Crippen MR) is 126 cm³/mol. The van der Waals surface area contributed by atoms with Gasteiger partial charge in [-0.1, -0.05) is 12.5 Å². The van der Waals surface area contributed by atoms with Gasteiger partial charge in [0.1, 0.15) is 6.10 Å². The molecule has 1 aromatic carbocycles. The lowest BCUT2D eigenvalue weighted by Crippen LogP contribution is -2.50. The molecule has 2 aromatic rings. The first kappa shape index (κ1) is 25.5. The van der Waals surface area contributed by atoms with E-state index in [1.54, 1.807) is 31.3 Å². The third-order valence-corrected chi connectivity index (χ3v) is 6.95. The number of nitrogens with zero attached hydrogens (tertiary/aromatic N) is 2. The fraction of sp³-hybridized carbons (Fsp3) is 0.560. The molecule has 3 N–H and O–H groups in total. The van der Waals surface area contributed by atoms with E-state index >= 15 is 0 Å². The minimum Gasteiger partial charge on any atom is -0.437 e. The molecule has 35 heavy (non-hydrogen) atoms. The summed E-state index contributed by atoms with van der Waals surface area (Å²) in [5.41, 5.74) is 1.52. The second-order valence-electron chi connectivity index (χ2n) is 9.65. The van der Waals surface area contributed by atoms with Crippen molar-refractivity contribution in [1.29, 1.82) is 0 Å². The first-order valence-corrected chi connectivity index (χ1v) is 11.8. The Labute approximate surface area is 203 Å². The summed E-state index contributed by atoms with van der Waals surface area (Å²) in [5.74, 6) is 0.626. The molecule has 0 bridgehead atoms. The lowest BCUT2D eigenvalue weighted by Gasteiger charge is -2.38. The van der Waals surface area contributed by atoms with E-state index in [0.29, 0.717) is 36.7 Å². The van der Waals surface area contributed by atoms with Gasteiger partial charge in [-0.15, -0.1) is 0 Å². The van der Waals surface area contributed by atoms with Crippen molar-refractivity contribution in [2.75, 3.05) is 6.61 Å². The largest absolute Gasteiger partial charge is 0.437 e. The molecule has 3 heterocycles. The van der Waals surface area contributed by atoms with Gasteiger partial charge in [0.2, 0.25) is 5.89 Å². The third kappa shape index (κ3) is 5.96. The summed E-state index contributed by atoms with van der Waals surface area (Å²) in [5, 5.41) is 41.9. The standard InChI is InChI=1S/C25H32N2O8/c1-13(9-22-26-11-21(34-22)16-4-6-18(7-5-16)27(31)32)8-19-24(30)23(29)17(12-33-19)10-20-25(35-20)14(2)15(3)28/h4-7,9,11,14-15,17,19-20,23-25,28-30H,8,10,12H2,1-3H3/b13-9+/t14-,15-,17-,19-,20-,23+,24-,25-/m0/s1. The van der Waals surface area contributed by atoms with Crippen LogP contribution < -0.4 is 0 Å². The number of aromatic nitrogens is 1. The number of rotatable bonds is 9. The maximum absolute atomic E-state index is 10.8. The van der Waals surface area contributed by atoms with Crippen molar-refractivity contribution in [3.8, 4) is 11.3 Å². The molecule has 8 atom stereocenters. The van der Waals surface area contributed by atoms with Crippen LogP contribution in [0.15, 0.2) is 40.5 Å². The van der Waals surface area contributed by atoms with Crippen molar-refractivity contribution in [3.05, 3.63) is 52.0 Å². The van der Waals surface area contributed by atoms with Gasteiger partial charge < -0.3 is 29.2 Å². The average molecular weight is 489 g/mol. The van der Waals surface area contributed by atoms with Gasteiger partial charge in [0.15, 0.2) is 5.76 Å². The number of nitro benzene ring substituents is 1. The molecular formula is C25H32N2O8. The van der Waals surface area contributed by atoms with Crippen LogP contribution in [0.1, 0.15) is 39.5 Å². The van der Waals surface area contributed by atoms with Crippen LogP contribution in [-0.2, 0) is 9.47 Å². The summed E-state index contributed by atoms with van der Waals surface area (Å²) in [6.45, 7) is 5.85. The zero-order valence-electron chi connectivity index (χ0n) is 20.0. The lowest BCUT2D eigenvalue weighted by atomic mass is 9.85. The number of hydrogen-bond acceptors (Lipinski definition) is 9. The summed E-state index contributed by atoms with van der Waals surface area (Å²) in [7, 11) is 0. The summed E-state index contributed by atoms with van der Waals surface area (Å²) < 4.78 is 17.3. The van der Waals surface area contributed by atoms with E-state index in [0.717, 1.165) is 5.57 Å². The van der Waals surface area contributed by atoms with Crippen LogP contribution in [0.5, 0.6) is 0 Å². The minimum absolute atomic E-state index is 0.00140. The molecule has 0 radical (unpaired) electrons. The SMILES string of the molecule is C/C(=C\c1ncc(-c2ccc([N+](=O)[O-])cc2)o1)C[C@@H]1OC[C@H](C[C@@H]2O[C@H]2[C@@H](C)[C@H](C)O)[C@@H](O)[C@H]1O. The summed E-state index contributed by atoms with van der Waals surface area (Å²) >= 11 is 0. The van der Waals surface area contributed by atoms with Crippen molar-refractivity contribution in [2.45, 2.75) is 70.2 Å². The minimum atomic E-state index is -1.04. The van der Waals surface area contributed by atoms with Crippen molar-refractivity contribution in [3.63, 3.8) is 0 Å². The van der Waals surface area contributed by atoms with E-state index < -0.39 is 29.3 Å². The Kier molecular flexibility index (Phi) is 7.67. The molecule has 0 amide bonds. The topological polar surface area (TPSA) is 152 Å². The number of benzene rings is 1. The number of ether oxygens (including phenoxy) is 2. The van der Waals surface area contributed by atoms with E-state index in [4.69, 9.17) is 13.9 Å². The van der Waals surface area contributed by atoms with Gasteiger partial charge in [-0.25, -0.2) is 4.98 Å². The van der Waals surface area contributed by atoms with Gasteiger partial charge >= 0.3 is 0 Å². The molecule has 2 aliphatic heterocycles. The monoisotopic (exact) mass is 488 g/mol. The predicted octanol–water partition coefficient (Wildman–Crippen LogP) is 2.95. The highest BCUT2D eigenvalue weighted by Gasteiger charge is 2.48. The normalized spacial score (nSPS) is 30.6. The van der Waals surface area contributed by atoms with E-state index in [2.05, 4.69) is 4.98 Å². The zero-order chi connectivity index (χ0) is 25.3. The second kappa shape index (κ2) is 10.5. The highest BCUT2D eigenvalue weighted by Crippen LogP contribution is 2.38. The smallest absolute Gasteiger partial charge is 0.269 e. The highest BCUT2D eigenvalue weighted by atomic mass is 16.6. The van der Waals surface area contributed by atoms with E-state index in [-0.39, 0.29) is 29.7 Å². The molecule has 0 saturated carbocycles. The molecule has 0 spiro atoms. The van der Waals surface area contributed by atoms with Crippen molar-refractivity contribution in [1.82, 2.24) is 4.98 Å². The quantitative estimate of drug-likeness (QED) is 0.275. The second-order valence-corrected chi connectivity index (χ2v) is 9.65. The molecule has 10 heteroatoms. The fourth-order valence-electron chi connectivity index (χ4n) is 4.53. The molecule has 190 valence electrons. The molecule has 4 rings (SSSR count). The Bertz CT molecular complexity index is 1050.